The number of nitrogens with two attached hydrogens (primary N) is 3. The van der Waals surface area contributed by atoms with Crippen LogP contribution >= 0.6 is 34.8 Å². The zero-order valence-corrected chi connectivity index (χ0v) is 32.1. The standard InChI is InChI=1S/C44H46Cl3N3O3/c45-32-13-29(1-4-35(32)48)51-38-16-39(52-30-2-5-36(49)33(46)14-30)41(44-20-26-10-27(21-44)12-28(11-26)22-44)42(53-31-3-6-37(50)34(47)15-31)40(38)43-17-23-7-24(18-43)9-25(8-23)19-43/h1-6,13-16,23-28H,7-12,17-22,48-50H2. The van der Waals surface area contributed by atoms with Crippen molar-refractivity contribution < 1.29 is 14.2 Å². The van der Waals surface area contributed by atoms with Gasteiger partial charge < -0.3 is 31.4 Å². The third-order valence-corrected chi connectivity index (χ3v) is 14.9. The molecule has 6 N–H and O–H groups in total. The molecule has 4 aromatic rings. The van der Waals surface area contributed by atoms with Crippen LogP contribution in [0.15, 0.2) is 60.7 Å². The van der Waals surface area contributed by atoms with Crippen molar-refractivity contribution in [1.29, 1.82) is 0 Å². The van der Waals surface area contributed by atoms with E-state index in [0.29, 0.717) is 84.9 Å². The predicted molar refractivity (Wildman–Crippen MR) is 214 cm³/mol. The normalized spacial score (nSPS) is 31.9. The lowest BCUT2D eigenvalue weighted by molar-refractivity contribution is -0.0110. The molecule has 8 fully saturated rings. The van der Waals surface area contributed by atoms with Crippen LogP contribution in [0, 0.1) is 35.5 Å². The van der Waals surface area contributed by atoms with Gasteiger partial charge in [0.05, 0.1) is 32.1 Å². The minimum absolute atomic E-state index is 0.116. The monoisotopic (exact) mass is 769 g/mol. The molecule has 0 atom stereocenters. The molecule has 6 nitrogen and oxygen atoms in total. The van der Waals surface area contributed by atoms with Gasteiger partial charge in [0.1, 0.15) is 34.5 Å². The Morgan fingerprint density at radius 2 is 0.736 bits per heavy atom. The van der Waals surface area contributed by atoms with Crippen LogP contribution in [-0.2, 0) is 10.8 Å². The maximum atomic E-state index is 7.41. The van der Waals surface area contributed by atoms with Crippen molar-refractivity contribution in [3.8, 4) is 34.5 Å². The average Bonchev–Trinajstić information content (AvgIpc) is 3.08. The van der Waals surface area contributed by atoms with Crippen LogP contribution in [0.4, 0.5) is 17.1 Å². The molecular weight excluding hydrogens is 725 g/mol. The van der Waals surface area contributed by atoms with Crippen LogP contribution in [0.25, 0.3) is 0 Å². The van der Waals surface area contributed by atoms with Crippen molar-refractivity contribution in [2.24, 2.45) is 35.5 Å². The third kappa shape index (κ3) is 5.90. The molecule has 8 bridgehead atoms. The molecule has 53 heavy (non-hydrogen) atoms. The van der Waals surface area contributed by atoms with Gasteiger partial charge >= 0.3 is 0 Å². The Morgan fingerprint density at radius 1 is 0.434 bits per heavy atom. The van der Waals surface area contributed by atoms with E-state index in [-0.39, 0.29) is 10.8 Å². The van der Waals surface area contributed by atoms with E-state index >= 15 is 0 Å². The summed E-state index contributed by atoms with van der Waals surface area (Å²) in [6.07, 6.45) is 14.6. The lowest BCUT2D eigenvalue weighted by Crippen LogP contribution is -2.50. The Labute approximate surface area is 326 Å². The number of halogens is 3. The lowest BCUT2D eigenvalue weighted by atomic mass is 9.46. The maximum absolute atomic E-state index is 7.41. The summed E-state index contributed by atoms with van der Waals surface area (Å²) in [5.74, 6) is 8.34. The molecule has 0 amide bonds. The topological polar surface area (TPSA) is 106 Å². The van der Waals surface area contributed by atoms with Crippen molar-refractivity contribution in [3.05, 3.63) is 86.9 Å². The van der Waals surface area contributed by atoms with Crippen LogP contribution in [-0.4, -0.2) is 0 Å². The SMILES string of the molecule is Nc1ccc(Oc2cc(Oc3ccc(N)c(Cl)c3)c(C34CC5CC(CC(C5)C3)C4)c(Oc3ccc(N)c(Cl)c3)c2C23CC4CC(CC(C4)C2)C3)cc1Cl. The summed E-state index contributed by atoms with van der Waals surface area (Å²) in [6, 6.07) is 18.7. The summed E-state index contributed by atoms with van der Waals surface area (Å²) < 4.78 is 21.5. The van der Waals surface area contributed by atoms with Gasteiger partial charge in [-0.2, -0.15) is 0 Å². The van der Waals surface area contributed by atoms with E-state index in [1.807, 2.05) is 30.3 Å². The second kappa shape index (κ2) is 12.5. The fraction of sp³-hybridized carbons (Fsp3) is 0.455. The van der Waals surface area contributed by atoms with E-state index in [1.165, 1.54) is 38.5 Å². The highest BCUT2D eigenvalue weighted by Crippen LogP contribution is 2.69. The third-order valence-electron chi connectivity index (χ3n) is 13.9. The number of rotatable bonds is 8. The molecule has 0 spiro atoms. The molecule has 0 aromatic heterocycles. The Balaban J connectivity index is 1.26. The zero-order chi connectivity index (χ0) is 36.2. The van der Waals surface area contributed by atoms with Crippen molar-refractivity contribution in [3.63, 3.8) is 0 Å². The number of hydrogen-bond donors (Lipinski definition) is 3. The molecule has 8 saturated carbocycles. The highest BCUT2D eigenvalue weighted by Gasteiger charge is 2.58. The van der Waals surface area contributed by atoms with Crippen molar-refractivity contribution in [2.45, 2.75) is 87.9 Å². The summed E-state index contributed by atoms with van der Waals surface area (Å²) >= 11 is 19.9. The fourth-order valence-corrected chi connectivity index (χ4v) is 13.3. The molecule has 0 heterocycles. The van der Waals surface area contributed by atoms with Gasteiger partial charge in [-0.1, -0.05) is 34.8 Å². The smallest absolute Gasteiger partial charge is 0.142 e. The Bertz CT molecular complexity index is 1940. The summed E-state index contributed by atoms with van der Waals surface area (Å²) in [6.45, 7) is 0. The van der Waals surface area contributed by atoms with E-state index in [2.05, 4.69) is 6.07 Å². The lowest BCUT2D eigenvalue weighted by Gasteiger charge is -2.59. The van der Waals surface area contributed by atoms with Gasteiger partial charge in [0.15, 0.2) is 0 Å². The number of anilines is 3. The molecule has 0 unspecified atom stereocenters. The molecule has 4 aromatic carbocycles. The second-order valence-corrected chi connectivity index (χ2v) is 18.9. The molecule has 0 aliphatic heterocycles. The molecule has 8 aliphatic rings. The first-order chi connectivity index (χ1) is 25.5. The Morgan fingerprint density at radius 3 is 1.04 bits per heavy atom. The quantitative estimate of drug-likeness (QED) is 0.154. The van der Waals surface area contributed by atoms with Gasteiger partial charge in [0.2, 0.25) is 0 Å². The van der Waals surface area contributed by atoms with Gasteiger partial charge in [0.25, 0.3) is 0 Å². The van der Waals surface area contributed by atoms with E-state index < -0.39 is 0 Å². The van der Waals surface area contributed by atoms with Crippen molar-refractivity contribution >= 4 is 51.9 Å². The summed E-state index contributed by atoms with van der Waals surface area (Å²) in [4.78, 5) is 0. The van der Waals surface area contributed by atoms with E-state index in [0.717, 1.165) is 66.9 Å². The Kier molecular flexibility index (Phi) is 8.06. The van der Waals surface area contributed by atoms with Crippen LogP contribution in [0.5, 0.6) is 34.5 Å². The van der Waals surface area contributed by atoms with E-state index in [1.54, 1.807) is 24.3 Å². The minimum Gasteiger partial charge on any atom is -0.457 e. The van der Waals surface area contributed by atoms with Gasteiger partial charge in [-0.3, -0.25) is 0 Å². The minimum atomic E-state index is -0.116. The van der Waals surface area contributed by atoms with Crippen LogP contribution in [0.1, 0.15) is 88.2 Å². The predicted octanol–water partition coefficient (Wildman–Crippen LogP) is 12.7. The molecule has 0 radical (unpaired) electrons. The number of hydrogen-bond acceptors (Lipinski definition) is 6. The summed E-state index contributed by atoms with van der Waals surface area (Å²) in [5, 5.41) is 1.36. The van der Waals surface area contributed by atoms with E-state index in [9.17, 15) is 0 Å². The first kappa shape index (κ1) is 34.1. The number of ether oxygens (including phenoxy) is 3. The van der Waals surface area contributed by atoms with Gasteiger partial charge in [-0.25, -0.2) is 0 Å². The van der Waals surface area contributed by atoms with Crippen LogP contribution < -0.4 is 31.4 Å². The average molecular weight is 771 g/mol. The summed E-state index contributed by atoms with van der Waals surface area (Å²) in [5.41, 5.74) is 22.2. The number of nitrogen functional groups attached to an aromatic ring is 3. The van der Waals surface area contributed by atoms with Crippen LogP contribution in [0.3, 0.4) is 0 Å². The highest BCUT2D eigenvalue weighted by molar-refractivity contribution is 6.33. The molecular formula is C44H46Cl3N3O3. The molecule has 0 saturated heterocycles. The number of benzene rings is 4. The van der Waals surface area contributed by atoms with E-state index in [4.69, 9.17) is 66.2 Å². The van der Waals surface area contributed by atoms with Gasteiger partial charge in [-0.05, 0) is 149 Å². The fourth-order valence-electron chi connectivity index (χ4n) is 12.8. The summed E-state index contributed by atoms with van der Waals surface area (Å²) in [7, 11) is 0. The van der Waals surface area contributed by atoms with Crippen LogP contribution in [0.2, 0.25) is 15.1 Å². The highest BCUT2D eigenvalue weighted by atomic mass is 35.5. The van der Waals surface area contributed by atoms with Crippen molar-refractivity contribution in [2.75, 3.05) is 17.2 Å². The maximum Gasteiger partial charge on any atom is 0.142 e. The zero-order valence-electron chi connectivity index (χ0n) is 29.8. The first-order valence-corrected chi connectivity index (χ1v) is 20.6. The molecule has 12 rings (SSSR count). The van der Waals surface area contributed by atoms with Crippen molar-refractivity contribution in [1.82, 2.24) is 0 Å². The largest absolute Gasteiger partial charge is 0.457 e. The Hall–Kier alpha value is -3.45. The second-order valence-electron chi connectivity index (χ2n) is 17.7. The molecule has 276 valence electrons. The molecule has 9 heteroatoms. The van der Waals surface area contributed by atoms with Gasteiger partial charge in [-0.15, -0.1) is 0 Å². The first-order valence-electron chi connectivity index (χ1n) is 19.4. The molecule has 8 aliphatic carbocycles. The van der Waals surface area contributed by atoms with Gasteiger partial charge in [0, 0.05) is 46.2 Å².